The van der Waals surface area contributed by atoms with Crippen molar-refractivity contribution >= 4 is 41.3 Å². The van der Waals surface area contributed by atoms with Gasteiger partial charge in [0.05, 0.1) is 11.3 Å². The molecular formula is C20H20FN3O5S. The number of hydrogen-bond acceptors (Lipinski definition) is 6. The van der Waals surface area contributed by atoms with Crippen molar-refractivity contribution < 1.29 is 28.3 Å². The number of anilines is 1. The lowest BCUT2D eigenvalue weighted by Gasteiger charge is -2.10. The third-order valence-corrected chi connectivity index (χ3v) is 4.59. The van der Waals surface area contributed by atoms with Gasteiger partial charge in [-0.2, -0.15) is 0 Å². The molecule has 3 N–H and O–H groups in total. The van der Waals surface area contributed by atoms with Gasteiger partial charge in [0.15, 0.2) is 6.61 Å². The molecule has 0 saturated heterocycles. The van der Waals surface area contributed by atoms with E-state index in [1.165, 1.54) is 30.3 Å². The monoisotopic (exact) mass is 433 g/mol. The molecule has 8 nitrogen and oxygen atoms in total. The first-order valence-electron chi connectivity index (χ1n) is 8.91. The topological polar surface area (TPSA) is 114 Å². The zero-order valence-electron chi connectivity index (χ0n) is 16.1. The lowest BCUT2D eigenvalue weighted by molar-refractivity contribution is -0.123. The van der Waals surface area contributed by atoms with Gasteiger partial charge in [0, 0.05) is 17.1 Å². The zero-order chi connectivity index (χ0) is 21.9. The van der Waals surface area contributed by atoms with Crippen molar-refractivity contribution in [3.63, 3.8) is 0 Å². The average Bonchev–Trinajstić information content (AvgIpc) is 2.72. The summed E-state index contributed by atoms with van der Waals surface area (Å²) in [6.45, 7) is 1.41. The van der Waals surface area contributed by atoms with Gasteiger partial charge < -0.3 is 15.4 Å². The van der Waals surface area contributed by atoms with Crippen molar-refractivity contribution in [2.75, 3.05) is 24.2 Å². The molecule has 0 fully saturated rings. The summed E-state index contributed by atoms with van der Waals surface area (Å²) in [6.07, 6.45) is 0. The SMILES string of the molecule is CCNC(=O)NC(=O)COC(=O)c1ccccc1SCC(=O)Nc1ccc(F)cc1. The molecule has 0 spiro atoms. The van der Waals surface area contributed by atoms with Crippen molar-refractivity contribution in [3.8, 4) is 0 Å². The number of amides is 4. The van der Waals surface area contributed by atoms with Gasteiger partial charge in [-0.25, -0.2) is 14.0 Å². The molecule has 158 valence electrons. The lowest BCUT2D eigenvalue weighted by atomic mass is 10.2. The van der Waals surface area contributed by atoms with E-state index in [0.717, 1.165) is 11.8 Å². The minimum atomic E-state index is -0.766. The molecule has 0 unspecified atom stereocenters. The molecule has 0 aliphatic rings. The number of carbonyl (C=O) groups is 4. The van der Waals surface area contributed by atoms with Gasteiger partial charge in [-0.3, -0.25) is 14.9 Å². The van der Waals surface area contributed by atoms with Crippen LogP contribution in [0.25, 0.3) is 0 Å². The zero-order valence-corrected chi connectivity index (χ0v) is 16.9. The van der Waals surface area contributed by atoms with Crippen LogP contribution >= 0.6 is 11.8 Å². The Morgan fingerprint density at radius 3 is 2.40 bits per heavy atom. The number of nitrogens with one attached hydrogen (secondary N) is 3. The average molecular weight is 433 g/mol. The number of rotatable bonds is 8. The van der Waals surface area contributed by atoms with Crippen LogP contribution in [0.2, 0.25) is 0 Å². The van der Waals surface area contributed by atoms with E-state index in [-0.39, 0.29) is 17.2 Å². The van der Waals surface area contributed by atoms with E-state index >= 15 is 0 Å². The molecule has 2 rings (SSSR count). The van der Waals surface area contributed by atoms with Gasteiger partial charge in [0.2, 0.25) is 5.91 Å². The number of halogens is 1. The largest absolute Gasteiger partial charge is 0.452 e. The fourth-order valence-electron chi connectivity index (χ4n) is 2.21. The van der Waals surface area contributed by atoms with Crippen LogP contribution < -0.4 is 16.0 Å². The maximum Gasteiger partial charge on any atom is 0.339 e. The molecule has 2 aromatic carbocycles. The highest BCUT2D eigenvalue weighted by Gasteiger charge is 2.16. The van der Waals surface area contributed by atoms with E-state index in [4.69, 9.17) is 4.74 Å². The van der Waals surface area contributed by atoms with E-state index in [1.54, 1.807) is 25.1 Å². The van der Waals surface area contributed by atoms with E-state index < -0.39 is 30.3 Å². The summed E-state index contributed by atoms with van der Waals surface area (Å²) < 4.78 is 17.9. The number of hydrogen-bond donors (Lipinski definition) is 3. The summed E-state index contributed by atoms with van der Waals surface area (Å²) >= 11 is 1.11. The Kier molecular flexibility index (Phi) is 8.82. The molecule has 0 heterocycles. The van der Waals surface area contributed by atoms with Crippen LogP contribution in [0, 0.1) is 5.82 Å². The number of carbonyl (C=O) groups excluding carboxylic acids is 4. The fourth-order valence-corrected chi connectivity index (χ4v) is 3.05. The number of benzene rings is 2. The smallest absolute Gasteiger partial charge is 0.339 e. The molecule has 0 saturated carbocycles. The Morgan fingerprint density at radius 1 is 1.00 bits per heavy atom. The van der Waals surface area contributed by atoms with Crippen LogP contribution in [0.1, 0.15) is 17.3 Å². The summed E-state index contributed by atoms with van der Waals surface area (Å²) in [4.78, 5) is 47.8. The molecular weight excluding hydrogens is 413 g/mol. The first-order chi connectivity index (χ1) is 14.4. The van der Waals surface area contributed by atoms with Crippen LogP contribution in [0.15, 0.2) is 53.4 Å². The molecule has 0 radical (unpaired) electrons. The number of thioether (sulfide) groups is 1. The maximum atomic E-state index is 12.9. The highest BCUT2D eigenvalue weighted by molar-refractivity contribution is 8.00. The van der Waals surface area contributed by atoms with Gasteiger partial charge in [-0.1, -0.05) is 12.1 Å². The first kappa shape index (κ1) is 22.9. The highest BCUT2D eigenvalue weighted by atomic mass is 32.2. The molecule has 0 aliphatic carbocycles. The number of urea groups is 1. The highest BCUT2D eigenvalue weighted by Crippen LogP contribution is 2.23. The van der Waals surface area contributed by atoms with Crippen LogP contribution in [0.4, 0.5) is 14.9 Å². The molecule has 10 heteroatoms. The summed E-state index contributed by atoms with van der Waals surface area (Å²) in [5, 5.41) is 7.03. The first-order valence-corrected chi connectivity index (χ1v) is 9.89. The Bertz CT molecular complexity index is 921. The third-order valence-electron chi connectivity index (χ3n) is 3.52. The predicted octanol–water partition coefficient (Wildman–Crippen LogP) is 2.56. The van der Waals surface area contributed by atoms with Gasteiger partial charge in [-0.05, 0) is 43.3 Å². The maximum absolute atomic E-state index is 12.9. The van der Waals surface area contributed by atoms with Crippen molar-refractivity contribution in [1.82, 2.24) is 10.6 Å². The minimum absolute atomic E-state index is 0.000650. The predicted molar refractivity (Wildman–Crippen MR) is 110 cm³/mol. The Hall–Kier alpha value is -3.40. The standard InChI is InChI=1S/C20H20FN3O5S/c1-2-22-20(28)24-17(25)11-29-19(27)15-5-3-4-6-16(15)30-12-18(26)23-14-9-7-13(21)8-10-14/h3-10H,2,11-12H2,1H3,(H,23,26)(H2,22,24,25,28). The molecule has 4 amide bonds. The van der Waals surface area contributed by atoms with Crippen LogP contribution in [0.5, 0.6) is 0 Å². The van der Waals surface area contributed by atoms with Crippen molar-refractivity contribution in [1.29, 1.82) is 0 Å². The lowest BCUT2D eigenvalue weighted by Crippen LogP contribution is -2.41. The second-order valence-corrected chi connectivity index (χ2v) is 6.84. The summed E-state index contributed by atoms with van der Waals surface area (Å²) in [5.41, 5.74) is 0.635. The van der Waals surface area contributed by atoms with Gasteiger partial charge in [0.1, 0.15) is 5.82 Å². The Labute approximate surface area is 176 Å². The van der Waals surface area contributed by atoms with Gasteiger partial charge >= 0.3 is 12.0 Å². The van der Waals surface area contributed by atoms with Crippen molar-refractivity contribution in [2.24, 2.45) is 0 Å². The number of esters is 1. The quantitative estimate of drug-likeness (QED) is 0.436. The molecule has 0 aliphatic heterocycles. The Balaban J connectivity index is 1.89. The summed E-state index contributed by atoms with van der Waals surface area (Å²) in [7, 11) is 0. The van der Waals surface area contributed by atoms with E-state index in [0.29, 0.717) is 17.1 Å². The van der Waals surface area contributed by atoms with Crippen LogP contribution in [-0.2, 0) is 14.3 Å². The molecule has 0 bridgehead atoms. The second-order valence-electron chi connectivity index (χ2n) is 5.82. The number of imide groups is 1. The number of ether oxygens (including phenoxy) is 1. The molecule has 0 aromatic heterocycles. The van der Waals surface area contributed by atoms with Crippen molar-refractivity contribution in [2.45, 2.75) is 11.8 Å². The molecule has 0 atom stereocenters. The second kappa shape index (κ2) is 11.6. The van der Waals surface area contributed by atoms with Gasteiger partial charge in [-0.15, -0.1) is 11.8 Å². The van der Waals surface area contributed by atoms with E-state index in [2.05, 4.69) is 10.6 Å². The van der Waals surface area contributed by atoms with Gasteiger partial charge in [0.25, 0.3) is 5.91 Å². The third kappa shape index (κ3) is 7.55. The molecule has 2 aromatic rings. The Morgan fingerprint density at radius 2 is 1.70 bits per heavy atom. The van der Waals surface area contributed by atoms with E-state index in [9.17, 15) is 23.6 Å². The normalized spacial score (nSPS) is 10.1. The summed E-state index contributed by atoms with van der Waals surface area (Å²) in [6, 6.07) is 11.1. The van der Waals surface area contributed by atoms with Crippen molar-refractivity contribution in [3.05, 3.63) is 59.9 Å². The minimum Gasteiger partial charge on any atom is -0.452 e. The molecule has 30 heavy (non-hydrogen) atoms. The van der Waals surface area contributed by atoms with Crippen LogP contribution in [-0.4, -0.2) is 42.7 Å². The van der Waals surface area contributed by atoms with Crippen LogP contribution in [0.3, 0.4) is 0 Å². The summed E-state index contributed by atoms with van der Waals surface area (Å²) in [5.74, 6) is -2.27. The fraction of sp³-hybridized carbons (Fsp3) is 0.200. The van der Waals surface area contributed by atoms with E-state index in [1.807, 2.05) is 5.32 Å².